The van der Waals surface area contributed by atoms with Crippen LogP contribution in [0, 0.1) is 5.82 Å². The molecule has 0 saturated carbocycles. The van der Waals surface area contributed by atoms with Gasteiger partial charge in [-0.05, 0) is 25.1 Å². The molecule has 0 spiro atoms. The van der Waals surface area contributed by atoms with Crippen LogP contribution in [0.3, 0.4) is 0 Å². The zero-order valence-corrected chi connectivity index (χ0v) is 12.6. The van der Waals surface area contributed by atoms with Gasteiger partial charge in [0.05, 0.1) is 19.9 Å². The summed E-state index contributed by atoms with van der Waals surface area (Å²) in [5.41, 5.74) is -0.416. The Balaban J connectivity index is 2.06. The summed E-state index contributed by atoms with van der Waals surface area (Å²) in [7, 11) is 3.07. The van der Waals surface area contributed by atoms with Crippen molar-refractivity contribution in [2.24, 2.45) is 7.05 Å². The summed E-state index contributed by atoms with van der Waals surface area (Å²) in [6.07, 6.45) is 3.21. The number of carbonyl (C=O) groups excluding carboxylic acids is 1. The molecule has 6 nitrogen and oxygen atoms in total. The number of rotatable bonds is 5. The number of aliphatic hydroxyl groups is 1. The Morgan fingerprint density at radius 1 is 1.55 bits per heavy atom. The Kier molecular flexibility index (Phi) is 4.46. The van der Waals surface area contributed by atoms with Gasteiger partial charge >= 0.3 is 0 Å². The largest absolute Gasteiger partial charge is 0.494 e. The number of hydrogen-bond donors (Lipinski definition) is 2. The summed E-state index contributed by atoms with van der Waals surface area (Å²) in [5, 5.41) is 17.0. The van der Waals surface area contributed by atoms with Crippen molar-refractivity contribution < 1.29 is 19.0 Å². The van der Waals surface area contributed by atoms with Crippen LogP contribution < -0.4 is 10.1 Å². The first-order valence-electron chi connectivity index (χ1n) is 6.67. The lowest BCUT2D eigenvalue weighted by atomic mass is 9.99. The molecule has 0 bridgehead atoms. The second kappa shape index (κ2) is 6.15. The fourth-order valence-electron chi connectivity index (χ4n) is 1.96. The highest BCUT2D eigenvalue weighted by molar-refractivity contribution is 5.94. The molecule has 2 aromatic rings. The molecule has 7 heteroatoms. The van der Waals surface area contributed by atoms with Crippen molar-refractivity contribution in [3.05, 3.63) is 47.5 Å². The van der Waals surface area contributed by atoms with Crippen LogP contribution in [0.2, 0.25) is 0 Å². The number of hydrogen-bond acceptors (Lipinski definition) is 4. The van der Waals surface area contributed by atoms with Crippen LogP contribution in [-0.4, -0.2) is 34.4 Å². The van der Waals surface area contributed by atoms with Crippen LogP contribution in [0.5, 0.6) is 5.75 Å². The van der Waals surface area contributed by atoms with E-state index in [4.69, 9.17) is 4.74 Å². The third kappa shape index (κ3) is 3.43. The van der Waals surface area contributed by atoms with Gasteiger partial charge in [0, 0.05) is 24.4 Å². The summed E-state index contributed by atoms with van der Waals surface area (Å²) in [6, 6.07) is 3.82. The molecule has 0 fully saturated rings. The highest BCUT2D eigenvalue weighted by Crippen LogP contribution is 2.20. The summed E-state index contributed by atoms with van der Waals surface area (Å²) < 4.78 is 19.7. The fraction of sp³-hybridized carbons (Fsp3) is 0.333. The number of methoxy groups -OCH3 is 1. The predicted octanol–water partition coefficient (Wildman–Crippen LogP) is 1.21. The third-order valence-corrected chi connectivity index (χ3v) is 3.33. The summed E-state index contributed by atoms with van der Waals surface area (Å²) in [6.45, 7) is 1.58. The zero-order chi connectivity index (χ0) is 16.3. The minimum atomic E-state index is -1.26. The van der Waals surface area contributed by atoms with Crippen molar-refractivity contribution in [2.75, 3.05) is 13.7 Å². The predicted molar refractivity (Wildman–Crippen MR) is 78.1 cm³/mol. The molecule has 1 unspecified atom stereocenters. The number of amides is 1. The first-order valence-corrected chi connectivity index (χ1v) is 6.67. The monoisotopic (exact) mass is 307 g/mol. The molecule has 1 amide bonds. The molecule has 1 aromatic carbocycles. The molecule has 1 heterocycles. The van der Waals surface area contributed by atoms with Crippen LogP contribution in [-0.2, 0) is 12.6 Å². The van der Waals surface area contributed by atoms with E-state index < -0.39 is 17.3 Å². The molecule has 1 aromatic heterocycles. The van der Waals surface area contributed by atoms with Crippen LogP contribution in [0.25, 0.3) is 0 Å². The van der Waals surface area contributed by atoms with E-state index in [0.717, 1.165) is 6.07 Å². The number of nitrogens with one attached hydrogen (secondary N) is 1. The number of aromatic nitrogens is 2. The number of ether oxygens (including phenoxy) is 1. The Morgan fingerprint density at radius 2 is 2.27 bits per heavy atom. The summed E-state index contributed by atoms with van der Waals surface area (Å²) in [4.78, 5) is 12.1. The molecule has 1 atom stereocenters. The molecule has 0 aliphatic rings. The van der Waals surface area contributed by atoms with Gasteiger partial charge < -0.3 is 15.2 Å². The third-order valence-electron chi connectivity index (χ3n) is 3.33. The molecular weight excluding hydrogens is 289 g/mol. The SMILES string of the molecule is COc1cc(C(=O)NCC(C)(O)c2cnn(C)c2)ccc1F. The summed E-state index contributed by atoms with van der Waals surface area (Å²) in [5.74, 6) is -0.976. The second-order valence-corrected chi connectivity index (χ2v) is 5.21. The Morgan fingerprint density at radius 3 is 2.86 bits per heavy atom. The van der Waals surface area contributed by atoms with E-state index in [2.05, 4.69) is 10.4 Å². The van der Waals surface area contributed by atoms with E-state index >= 15 is 0 Å². The molecule has 2 rings (SSSR count). The van der Waals surface area contributed by atoms with Gasteiger partial charge in [0.25, 0.3) is 5.91 Å². The van der Waals surface area contributed by atoms with Crippen molar-refractivity contribution in [3.8, 4) is 5.75 Å². The molecule has 0 radical (unpaired) electrons. The van der Waals surface area contributed by atoms with E-state index in [1.807, 2.05) is 0 Å². The van der Waals surface area contributed by atoms with Gasteiger partial charge in [0.2, 0.25) is 0 Å². The lowest BCUT2D eigenvalue weighted by Gasteiger charge is -2.22. The van der Waals surface area contributed by atoms with Gasteiger partial charge in [0.15, 0.2) is 11.6 Å². The van der Waals surface area contributed by atoms with Crippen molar-refractivity contribution in [1.29, 1.82) is 0 Å². The first kappa shape index (κ1) is 16.0. The van der Waals surface area contributed by atoms with Gasteiger partial charge in [-0.3, -0.25) is 9.48 Å². The standard InChI is InChI=1S/C15H18FN3O3/c1-15(21,11-7-18-19(2)8-11)9-17-14(20)10-4-5-12(16)13(6-10)22-3/h4-8,21H,9H2,1-3H3,(H,17,20). The molecule has 0 aliphatic carbocycles. The normalized spacial score (nSPS) is 13.5. The number of benzene rings is 1. The van der Waals surface area contributed by atoms with E-state index in [1.54, 1.807) is 24.9 Å². The van der Waals surface area contributed by atoms with Crippen LogP contribution in [0.15, 0.2) is 30.6 Å². The molecule has 22 heavy (non-hydrogen) atoms. The maximum absolute atomic E-state index is 13.3. The average Bonchev–Trinajstić information content (AvgIpc) is 2.93. The molecular formula is C15H18FN3O3. The highest BCUT2D eigenvalue weighted by atomic mass is 19.1. The van der Waals surface area contributed by atoms with E-state index in [1.165, 1.54) is 25.4 Å². The molecule has 0 aliphatic heterocycles. The molecule has 118 valence electrons. The molecule has 2 N–H and O–H groups in total. The van der Waals surface area contributed by atoms with E-state index in [0.29, 0.717) is 5.56 Å². The van der Waals surface area contributed by atoms with Gasteiger partial charge in [-0.1, -0.05) is 0 Å². The quantitative estimate of drug-likeness (QED) is 0.870. The minimum Gasteiger partial charge on any atom is -0.494 e. The molecule has 0 saturated heterocycles. The van der Waals surface area contributed by atoms with Crippen LogP contribution in [0.1, 0.15) is 22.8 Å². The number of nitrogens with zero attached hydrogens (tertiary/aromatic N) is 2. The average molecular weight is 307 g/mol. The second-order valence-electron chi connectivity index (χ2n) is 5.21. The van der Waals surface area contributed by atoms with Gasteiger partial charge in [-0.15, -0.1) is 0 Å². The maximum Gasteiger partial charge on any atom is 0.251 e. The minimum absolute atomic E-state index is 0.00276. The van der Waals surface area contributed by atoms with Gasteiger partial charge in [-0.25, -0.2) is 4.39 Å². The Bertz CT molecular complexity index is 682. The highest BCUT2D eigenvalue weighted by Gasteiger charge is 2.25. The lowest BCUT2D eigenvalue weighted by Crippen LogP contribution is -2.38. The van der Waals surface area contributed by atoms with Gasteiger partial charge in [-0.2, -0.15) is 5.10 Å². The van der Waals surface area contributed by atoms with Crippen molar-refractivity contribution in [1.82, 2.24) is 15.1 Å². The zero-order valence-electron chi connectivity index (χ0n) is 12.6. The summed E-state index contributed by atoms with van der Waals surface area (Å²) >= 11 is 0. The Labute approximate surface area is 127 Å². The van der Waals surface area contributed by atoms with Crippen molar-refractivity contribution in [2.45, 2.75) is 12.5 Å². The number of aryl methyl sites for hydroxylation is 1. The fourth-order valence-corrected chi connectivity index (χ4v) is 1.96. The maximum atomic E-state index is 13.3. The smallest absolute Gasteiger partial charge is 0.251 e. The van der Waals surface area contributed by atoms with Gasteiger partial charge in [0.1, 0.15) is 5.60 Å². The van der Waals surface area contributed by atoms with Crippen molar-refractivity contribution >= 4 is 5.91 Å². The van der Waals surface area contributed by atoms with Crippen LogP contribution >= 0.6 is 0 Å². The number of carbonyl (C=O) groups is 1. The van der Waals surface area contributed by atoms with Crippen molar-refractivity contribution in [3.63, 3.8) is 0 Å². The van der Waals surface area contributed by atoms with Crippen LogP contribution in [0.4, 0.5) is 4.39 Å². The Hall–Kier alpha value is -2.41. The number of halogens is 1. The topological polar surface area (TPSA) is 76.4 Å². The van der Waals surface area contributed by atoms with E-state index in [-0.39, 0.29) is 17.9 Å². The first-order chi connectivity index (χ1) is 10.3. The lowest BCUT2D eigenvalue weighted by molar-refractivity contribution is 0.0526. The van der Waals surface area contributed by atoms with E-state index in [9.17, 15) is 14.3 Å².